The lowest BCUT2D eigenvalue weighted by Gasteiger charge is -2.19. The van der Waals surface area contributed by atoms with Gasteiger partial charge < -0.3 is 20.1 Å². The third kappa shape index (κ3) is 68.6. The van der Waals surface area contributed by atoms with Crippen LogP contribution in [0.2, 0.25) is 0 Å². The minimum absolute atomic E-state index is 0.0409. The third-order valence-electron chi connectivity index (χ3n) is 13.9. The van der Waals surface area contributed by atoms with E-state index in [4.69, 9.17) is 24.3 Å². The van der Waals surface area contributed by atoms with Crippen molar-refractivity contribution in [3.05, 3.63) is 158 Å². The van der Waals surface area contributed by atoms with Crippen LogP contribution in [-0.2, 0) is 32.7 Å². The molecule has 0 aromatic rings. The molecule has 0 aliphatic carbocycles. The van der Waals surface area contributed by atoms with Crippen molar-refractivity contribution in [3.8, 4) is 0 Å². The third-order valence-corrected chi connectivity index (χ3v) is 14.9. The standard InChI is InChI=1S/C75H124NO8P/c1-3-5-7-9-11-13-15-17-19-21-23-25-27-29-31-33-34-35-36-37-38-40-42-44-46-48-50-52-54-56-58-60-62-64-66-68-75(78)84-73(72-83-85(79,80)82-70-69-76)71-81-74(77)67-65-63-61-59-57-55-53-51-49-47-45-43-41-39-32-30-28-26-24-22-20-18-16-14-12-10-8-6-4-2/h5,7,11,13,16-19,22-25,28-31,34-35,37-38,42,44,48,50,54,56,73H,3-4,6,8-10,12,14-15,20-21,26-27,32-33,36,39-41,43,45-47,49,51-53,55,57-72,76H2,1-2H3,(H,79,80)/b7-5-,13-11-,18-16-,19-17-,24-22-,25-23-,30-28-,31-29-,35-34-,38-37-,44-42-,50-48-,56-54-. The van der Waals surface area contributed by atoms with Crippen molar-refractivity contribution in [2.75, 3.05) is 26.4 Å². The smallest absolute Gasteiger partial charge is 0.462 e. The van der Waals surface area contributed by atoms with Crippen molar-refractivity contribution in [1.29, 1.82) is 0 Å². The normalized spacial score (nSPS) is 14.0. The van der Waals surface area contributed by atoms with E-state index < -0.39 is 32.5 Å². The van der Waals surface area contributed by atoms with Crippen LogP contribution in [0.25, 0.3) is 0 Å². The van der Waals surface area contributed by atoms with Crippen molar-refractivity contribution in [2.45, 2.75) is 277 Å². The first-order chi connectivity index (χ1) is 41.8. The van der Waals surface area contributed by atoms with Crippen molar-refractivity contribution in [1.82, 2.24) is 0 Å². The van der Waals surface area contributed by atoms with Gasteiger partial charge in [0.25, 0.3) is 0 Å². The number of unbranched alkanes of at least 4 members (excludes halogenated alkanes) is 23. The maximum Gasteiger partial charge on any atom is 0.472 e. The van der Waals surface area contributed by atoms with E-state index in [1.165, 1.54) is 116 Å². The molecular weight excluding hydrogens is 1070 g/mol. The lowest BCUT2D eigenvalue weighted by molar-refractivity contribution is -0.161. The fourth-order valence-corrected chi connectivity index (χ4v) is 9.67. The summed E-state index contributed by atoms with van der Waals surface area (Å²) in [4.78, 5) is 35.3. The van der Waals surface area contributed by atoms with Gasteiger partial charge in [-0.3, -0.25) is 18.6 Å². The van der Waals surface area contributed by atoms with E-state index >= 15 is 0 Å². The van der Waals surface area contributed by atoms with Crippen LogP contribution >= 0.6 is 7.82 Å². The van der Waals surface area contributed by atoms with E-state index in [-0.39, 0.29) is 32.6 Å². The van der Waals surface area contributed by atoms with Crippen LogP contribution in [0.3, 0.4) is 0 Å². The molecule has 0 aliphatic rings. The van der Waals surface area contributed by atoms with E-state index in [9.17, 15) is 19.0 Å². The zero-order chi connectivity index (χ0) is 61.6. The summed E-state index contributed by atoms with van der Waals surface area (Å²) >= 11 is 0. The quantitative estimate of drug-likeness (QED) is 0.0264. The molecule has 3 N–H and O–H groups in total. The van der Waals surface area contributed by atoms with Gasteiger partial charge >= 0.3 is 19.8 Å². The molecule has 2 unspecified atom stereocenters. The topological polar surface area (TPSA) is 134 Å². The molecule has 0 saturated carbocycles. The Morgan fingerprint density at radius 3 is 0.965 bits per heavy atom. The zero-order valence-corrected chi connectivity index (χ0v) is 54.9. The van der Waals surface area contributed by atoms with Gasteiger partial charge in [0.2, 0.25) is 0 Å². The summed E-state index contributed by atoms with van der Waals surface area (Å²) in [5.74, 6) is -0.864. The molecule has 0 aromatic heterocycles. The number of ether oxygens (including phenoxy) is 2. The molecule has 2 atom stereocenters. The lowest BCUT2D eigenvalue weighted by atomic mass is 10.0. The first-order valence-electron chi connectivity index (χ1n) is 34.0. The number of phosphoric ester groups is 1. The summed E-state index contributed by atoms with van der Waals surface area (Å²) in [6.07, 6.45) is 100. The predicted octanol–water partition coefficient (Wildman–Crippen LogP) is 22.4. The molecule has 0 rings (SSSR count). The fourth-order valence-electron chi connectivity index (χ4n) is 8.91. The Morgan fingerprint density at radius 1 is 0.365 bits per heavy atom. The summed E-state index contributed by atoms with van der Waals surface area (Å²) in [5.41, 5.74) is 5.40. The van der Waals surface area contributed by atoms with Crippen LogP contribution in [0.1, 0.15) is 271 Å². The molecule has 0 bridgehead atoms. The highest BCUT2D eigenvalue weighted by atomic mass is 31.2. The maximum absolute atomic E-state index is 12.7. The molecule has 0 aromatic carbocycles. The Morgan fingerprint density at radius 2 is 0.647 bits per heavy atom. The van der Waals surface area contributed by atoms with Gasteiger partial charge in [-0.15, -0.1) is 0 Å². The number of carbonyl (C=O) groups excluding carboxylic acids is 2. The Bertz CT molecular complexity index is 1950. The van der Waals surface area contributed by atoms with Gasteiger partial charge in [0.15, 0.2) is 6.10 Å². The maximum atomic E-state index is 12.7. The molecule has 0 heterocycles. The molecule has 0 saturated heterocycles. The van der Waals surface area contributed by atoms with Crippen LogP contribution in [-0.4, -0.2) is 49.3 Å². The Labute approximate surface area is 521 Å². The van der Waals surface area contributed by atoms with E-state index in [2.05, 4.69) is 172 Å². The molecule has 482 valence electrons. The number of carbonyl (C=O) groups is 2. The molecule has 9 nitrogen and oxygen atoms in total. The molecule has 0 fully saturated rings. The highest BCUT2D eigenvalue weighted by Crippen LogP contribution is 2.43. The van der Waals surface area contributed by atoms with Gasteiger partial charge in [-0.1, -0.05) is 287 Å². The molecule has 0 radical (unpaired) electrons. The number of esters is 2. The van der Waals surface area contributed by atoms with E-state index in [1.807, 2.05) is 0 Å². The van der Waals surface area contributed by atoms with Crippen molar-refractivity contribution in [2.24, 2.45) is 5.73 Å². The second kappa shape index (κ2) is 68.7. The number of phosphoric acid groups is 1. The number of rotatable bonds is 62. The number of hydrogen-bond donors (Lipinski definition) is 2. The van der Waals surface area contributed by atoms with Gasteiger partial charge in [-0.25, -0.2) is 4.57 Å². The van der Waals surface area contributed by atoms with Crippen LogP contribution < -0.4 is 5.73 Å². The summed E-state index contributed by atoms with van der Waals surface area (Å²) < 4.78 is 33.1. The van der Waals surface area contributed by atoms with Gasteiger partial charge in [0, 0.05) is 19.4 Å². The first-order valence-corrected chi connectivity index (χ1v) is 35.5. The molecule has 0 spiro atoms. The van der Waals surface area contributed by atoms with Gasteiger partial charge in [-0.05, 0) is 128 Å². The zero-order valence-electron chi connectivity index (χ0n) is 54.0. The van der Waals surface area contributed by atoms with Crippen molar-refractivity contribution in [3.63, 3.8) is 0 Å². The van der Waals surface area contributed by atoms with Crippen LogP contribution in [0.4, 0.5) is 0 Å². The average molecular weight is 1200 g/mol. The van der Waals surface area contributed by atoms with E-state index in [0.29, 0.717) is 6.42 Å². The van der Waals surface area contributed by atoms with Gasteiger partial charge in [0.1, 0.15) is 6.61 Å². The number of hydrogen-bond acceptors (Lipinski definition) is 8. The summed E-state index contributed by atoms with van der Waals surface area (Å²) in [6, 6.07) is 0. The van der Waals surface area contributed by atoms with E-state index in [0.717, 1.165) is 122 Å². The van der Waals surface area contributed by atoms with Crippen molar-refractivity contribution >= 4 is 19.8 Å². The molecular formula is C75H124NO8P. The van der Waals surface area contributed by atoms with Gasteiger partial charge in [0.05, 0.1) is 13.2 Å². The SMILES string of the molecule is CC/C=C\C/C=C\C/C=C\C/C=C\C/C=C\C/C=C\C/C=C\C/C=C\C/C=C\C/C=C\CCCCCCC(=O)OC(COC(=O)CCCCCCCCCCCCCCCC/C=C\C/C=C\C/C=C\CCCCCCC)COP(=O)(O)OCCN. The largest absolute Gasteiger partial charge is 0.472 e. The first kappa shape index (κ1) is 80.6. The molecule has 10 heteroatoms. The minimum Gasteiger partial charge on any atom is -0.462 e. The van der Waals surface area contributed by atoms with Crippen LogP contribution in [0.15, 0.2) is 158 Å². The second-order valence-electron chi connectivity index (χ2n) is 22.0. The van der Waals surface area contributed by atoms with Gasteiger partial charge in [-0.2, -0.15) is 0 Å². The van der Waals surface area contributed by atoms with E-state index in [1.54, 1.807) is 0 Å². The van der Waals surface area contributed by atoms with Crippen LogP contribution in [0, 0.1) is 0 Å². The fraction of sp³-hybridized carbons (Fsp3) is 0.627. The highest BCUT2D eigenvalue weighted by Gasteiger charge is 2.26. The number of nitrogens with two attached hydrogens (primary N) is 1. The summed E-state index contributed by atoms with van der Waals surface area (Å²) in [5, 5.41) is 0. The van der Waals surface area contributed by atoms with Crippen LogP contribution in [0.5, 0.6) is 0 Å². The molecule has 0 aliphatic heterocycles. The predicted molar refractivity (Wildman–Crippen MR) is 366 cm³/mol. The molecule has 0 amide bonds. The Kier molecular flexibility index (Phi) is 65.2. The second-order valence-corrected chi connectivity index (χ2v) is 23.4. The minimum atomic E-state index is -4.41. The average Bonchev–Trinajstić information content (AvgIpc) is 3.52. The lowest BCUT2D eigenvalue weighted by Crippen LogP contribution is -2.29. The summed E-state index contributed by atoms with van der Waals surface area (Å²) in [7, 11) is -4.41. The summed E-state index contributed by atoms with van der Waals surface area (Å²) in [6.45, 7) is 3.59. The Hall–Kier alpha value is -4.37. The molecule has 85 heavy (non-hydrogen) atoms. The Balaban J connectivity index is 4.03. The van der Waals surface area contributed by atoms with Crippen molar-refractivity contribution < 1.29 is 37.6 Å². The monoisotopic (exact) mass is 1200 g/mol. The number of allylic oxidation sites excluding steroid dienone is 26. The highest BCUT2D eigenvalue weighted by molar-refractivity contribution is 7.47.